The van der Waals surface area contributed by atoms with Gasteiger partial charge < -0.3 is 17.6 Å². The number of methoxy groups -OCH3 is 1. The van der Waals surface area contributed by atoms with Crippen molar-refractivity contribution in [2.24, 2.45) is 21.7 Å². The second kappa shape index (κ2) is 35.6. The molecule has 0 N–H and O–H groups in total. The van der Waals surface area contributed by atoms with Crippen molar-refractivity contribution in [2.75, 3.05) is 7.11 Å². The molecule has 1 nitrogen and oxygen atoms in total. The molecule has 0 saturated carbocycles. The van der Waals surface area contributed by atoms with Gasteiger partial charge in [0, 0.05) is 51.7 Å². The summed E-state index contributed by atoms with van der Waals surface area (Å²) in [6, 6.07) is 0. The first-order valence-electron chi connectivity index (χ1n) is 15.9. The molecule has 0 aromatic carbocycles. The molecule has 2 heteroatoms. The van der Waals surface area contributed by atoms with Gasteiger partial charge in [-0.3, -0.25) is 0 Å². The smallest absolute Gasteiger partial charge is 0.0594 e. The summed E-state index contributed by atoms with van der Waals surface area (Å²) in [4.78, 5) is 0. The largest absolute Gasteiger partial charge is 0.379 e. The molecule has 0 aliphatic heterocycles. The molecule has 0 rings (SSSR count). The molecule has 0 aromatic rings. The van der Waals surface area contributed by atoms with Gasteiger partial charge in [0.15, 0.2) is 0 Å². The van der Waals surface area contributed by atoms with Crippen LogP contribution in [-0.4, -0.2) is 12.7 Å². The number of hydrogen-bond donors (Lipinski definition) is 0. The standard InChI is InChI=1S/2C8H16.C8H14.C5H12O.C5H12.C4H9.C2H5.Y/c3*1-5-6-7-8(2,3)4;1-5(2,3)6-4;1-5(2,3)4;1-4(2)3;1-2;/h2*6-7H,5H2,1-4H3;5H2,1-4H3;1-4H3;1-4H3;1-3H3;1H2,2H3;/q;;;;;2*-1;/b7-6+;7-6-;;;;;;. The summed E-state index contributed by atoms with van der Waals surface area (Å²) in [5.74, 6) is 7.58. The molecule has 1 radical (unpaired) electrons. The predicted octanol–water partition coefficient (Wildman–Crippen LogP) is 14.4. The Morgan fingerprint density at radius 3 is 0.881 bits per heavy atom. The first-order chi connectivity index (χ1) is 18.0. The summed E-state index contributed by atoms with van der Waals surface area (Å²) < 4.78 is 4.94. The Bertz CT molecular complexity index is 559. The zero-order valence-electron chi connectivity index (χ0n) is 34.1. The summed E-state index contributed by atoms with van der Waals surface area (Å²) in [5, 5.41) is 0. The fourth-order valence-electron chi connectivity index (χ4n) is 1.30. The molecule has 255 valence electrons. The molecule has 0 aliphatic rings. The molecule has 0 aliphatic carbocycles. The predicted molar refractivity (Wildman–Crippen MR) is 198 cm³/mol. The maximum Gasteiger partial charge on any atom is 0.0594 e. The minimum atomic E-state index is 0. The van der Waals surface area contributed by atoms with E-state index in [0.29, 0.717) is 16.2 Å². The minimum Gasteiger partial charge on any atom is -0.379 e. The second-order valence-electron chi connectivity index (χ2n) is 16.1. The third kappa shape index (κ3) is 187. The van der Waals surface area contributed by atoms with E-state index in [1.165, 1.54) is 5.92 Å². The first kappa shape index (κ1) is 61.2. The molecule has 42 heavy (non-hydrogen) atoms. The average molecular weight is 670 g/mol. The summed E-state index contributed by atoms with van der Waals surface area (Å²) in [6.07, 6.45) is 12.2. The molecule has 0 saturated heterocycles. The van der Waals surface area contributed by atoms with Gasteiger partial charge in [0.2, 0.25) is 0 Å². The molecule has 0 aromatic heterocycles. The van der Waals surface area contributed by atoms with Crippen molar-refractivity contribution < 1.29 is 37.4 Å². The molecule has 0 heterocycles. The second-order valence-corrected chi connectivity index (χ2v) is 16.1. The van der Waals surface area contributed by atoms with Gasteiger partial charge in [0.1, 0.15) is 0 Å². The van der Waals surface area contributed by atoms with E-state index in [4.69, 9.17) is 4.74 Å². The molecule has 0 spiro atoms. The molecule has 0 amide bonds. The van der Waals surface area contributed by atoms with Crippen LogP contribution in [0.25, 0.3) is 0 Å². The van der Waals surface area contributed by atoms with Crippen molar-refractivity contribution in [2.45, 2.75) is 184 Å². The molecule has 0 bridgehead atoms. The first-order valence-corrected chi connectivity index (χ1v) is 15.9. The summed E-state index contributed by atoms with van der Waals surface area (Å²) >= 11 is 0. The zero-order chi connectivity index (χ0) is 35.1. The van der Waals surface area contributed by atoms with Crippen LogP contribution in [-0.2, 0) is 37.4 Å². The van der Waals surface area contributed by atoms with E-state index in [1.54, 1.807) is 14.0 Å². The van der Waals surface area contributed by atoms with Gasteiger partial charge in [-0.1, -0.05) is 120 Å². The zero-order valence-corrected chi connectivity index (χ0v) is 37.0. The van der Waals surface area contributed by atoms with E-state index < -0.39 is 0 Å². The van der Waals surface area contributed by atoms with Crippen molar-refractivity contribution in [1.82, 2.24) is 0 Å². The van der Waals surface area contributed by atoms with Gasteiger partial charge in [-0.05, 0) is 70.6 Å². The van der Waals surface area contributed by atoms with Crippen LogP contribution >= 0.6 is 0 Å². The van der Waals surface area contributed by atoms with Crippen LogP contribution in [0.3, 0.4) is 0 Å². The Balaban J connectivity index is -0.0000000549. The van der Waals surface area contributed by atoms with E-state index >= 15 is 0 Å². The Kier molecular flexibility index (Phi) is 51.8. The van der Waals surface area contributed by atoms with Crippen LogP contribution < -0.4 is 0 Å². The fraction of sp³-hybridized carbons (Fsp3) is 0.800. The number of ether oxygens (including phenoxy) is 1. The van der Waals surface area contributed by atoms with Crippen molar-refractivity contribution in [1.29, 1.82) is 0 Å². The van der Waals surface area contributed by atoms with Crippen LogP contribution in [0.15, 0.2) is 24.3 Å². The quantitative estimate of drug-likeness (QED) is 0.162. The van der Waals surface area contributed by atoms with Crippen LogP contribution in [0.1, 0.15) is 179 Å². The van der Waals surface area contributed by atoms with Gasteiger partial charge in [-0.25, -0.2) is 0 Å². The summed E-state index contributed by atoms with van der Waals surface area (Å²) in [5.41, 5.74) is 1.47. The van der Waals surface area contributed by atoms with Gasteiger partial charge in [-0.15, -0.1) is 5.92 Å². The topological polar surface area (TPSA) is 9.23 Å². The fourth-order valence-corrected chi connectivity index (χ4v) is 1.30. The Hall–Kier alpha value is 0.104. The summed E-state index contributed by atoms with van der Waals surface area (Å²) in [6.45, 7) is 52.0. The Morgan fingerprint density at radius 2 is 0.833 bits per heavy atom. The van der Waals surface area contributed by atoms with Gasteiger partial charge in [-0.2, -0.15) is 27.7 Å². The monoisotopic (exact) mass is 670 g/mol. The third-order valence-electron chi connectivity index (χ3n) is 2.96. The molecule has 0 fully saturated rings. The van der Waals surface area contributed by atoms with Crippen molar-refractivity contribution in [3.05, 3.63) is 37.1 Å². The van der Waals surface area contributed by atoms with Gasteiger partial charge in [0.25, 0.3) is 0 Å². The van der Waals surface area contributed by atoms with Crippen LogP contribution in [0, 0.1) is 46.3 Å². The van der Waals surface area contributed by atoms with Gasteiger partial charge in [0.05, 0.1) is 5.60 Å². The molecule has 0 atom stereocenters. The SMILES string of the molecule is CC(C)(C)C.CC/C=C/C(C)(C)C.CC/C=C\C(C)(C)C.CCC#CC(C)(C)C.COC(C)(C)C.C[C-](C)C.[CH2-]C.[Y]. The molecular formula is C40H84OY-2. The van der Waals surface area contributed by atoms with E-state index in [0.717, 1.165) is 19.3 Å². The van der Waals surface area contributed by atoms with Crippen molar-refractivity contribution in [3.63, 3.8) is 0 Å². The Labute approximate surface area is 297 Å². The maximum atomic E-state index is 4.94. The normalized spacial score (nSPS) is 11.0. The van der Waals surface area contributed by atoms with Crippen LogP contribution in [0.5, 0.6) is 0 Å². The van der Waals surface area contributed by atoms with Gasteiger partial charge >= 0.3 is 0 Å². The minimum absolute atomic E-state index is 0. The number of allylic oxidation sites excluding steroid dienone is 4. The number of hydrogen-bond acceptors (Lipinski definition) is 1. The van der Waals surface area contributed by atoms with Crippen molar-refractivity contribution in [3.8, 4) is 11.8 Å². The van der Waals surface area contributed by atoms with Crippen molar-refractivity contribution >= 4 is 0 Å². The number of rotatable bonds is 2. The van der Waals surface area contributed by atoms with Crippen LogP contribution in [0.2, 0.25) is 0 Å². The third-order valence-corrected chi connectivity index (χ3v) is 2.96. The summed E-state index contributed by atoms with van der Waals surface area (Å²) in [7, 11) is 1.71. The Morgan fingerprint density at radius 1 is 0.619 bits per heavy atom. The van der Waals surface area contributed by atoms with Crippen LogP contribution in [0.4, 0.5) is 0 Å². The molecule has 0 unspecified atom stereocenters. The van der Waals surface area contributed by atoms with E-state index in [1.807, 2.05) is 20.8 Å². The van der Waals surface area contributed by atoms with E-state index in [2.05, 4.69) is 175 Å². The maximum absolute atomic E-state index is 4.94. The molecular weight excluding hydrogens is 585 g/mol. The average Bonchev–Trinajstić information content (AvgIpc) is 2.74. The van der Waals surface area contributed by atoms with E-state index in [9.17, 15) is 0 Å². The van der Waals surface area contributed by atoms with E-state index in [-0.39, 0.29) is 43.7 Å².